The van der Waals surface area contributed by atoms with Gasteiger partial charge in [-0.2, -0.15) is 9.97 Å². The number of benzene rings is 2. The Morgan fingerprint density at radius 3 is 2.69 bits per heavy atom. The molecule has 1 amide bonds. The molecule has 39 heavy (non-hydrogen) atoms. The summed E-state index contributed by atoms with van der Waals surface area (Å²) in [7, 11) is 0. The summed E-state index contributed by atoms with van der Waals surface area (Å²) in [5.41, 5.74) is 2.05. The van der Waals surface area contributed by atoms with Crippen LogP contribution >= 0.6 is 0 Å². The number of nitrogens with zero attached hydrogens (tertiary/aromatic N) is 4. The van der Waals surface area contributed by atoms with Gasteiger partial charge in [-0.25, -0.2) is 4.39 Å². The van der Waals surface area contributed by atoms with Crippen LogP contribution < -0.4 is 25.2 Å². The molecule has 2 aromatic carbocycles. The second-order valence-electron chi connectivity index (χ2n) is 10.6. The number of nitrogens with one attached hydrogen (secondary N) is 2. The molecule has 10 heteroatoms. The lowest BCUT2D eigenvalue weighted by Crippen LogP contribution is -2.51. The zero-order valence-corrected chi connectivity index (χ0v) is 22.3. The maximum Gasteiger partial charge on any atom is 0.318 e. The van der Waals surface area contributed by atoms with Crippen molar-refractivity contribution in [3.05, 3.63) is 46.9 Å². The van der Waals surface area contributed by atoms with E-state index >= 15 is 0 Å². The third-order valence-electron chi connectivity index (χ3n) is 7.93. The monoisotopic (exact) mass is 534 g/mol. The molecule has 0 spiro atoms. The topological polar surface area (TPSA) is 103 Å². The second-order valence-corrected chi connectivity index (χ2v) is 10.6. The summed E-state index contributed by atoms with van der Waals surface area (Å²) in [5.74, 6) is 0.0524. The molecule has 4 heterocycles. The summed E-state index contributed by atoms with van der Waals surface area (Å²) in [6.07, 6.45) is 4.81. The van der Waals surface area contributed by atoms with Gasteiger partial charge in [0.05, 0.1) is 24.0 Å². The SMILES string of the molecule is CCc1c(F)ccc2cc(O)cc(N3Cc4nc(OC[C@H]5CNCCN5)nc(N5CCCCCC5)c4C3=O)c12. The molecule has 3 aliphatic heterocycles. The van der Waals surface area contributed by atoms with Gasteiger partial charge in [-0.05, 0) is 42.3 Å². The molecule has 0 saturated carbocycles. The number of aryl methyl sites for hydroxylation is 1. The van der Waals surface area contributed by atoms with Crippen LogP contribution in [0.1, 0.15) is 54.2 Å². The van der Waals surface area contributed by atoms with Crippen LogP contribution in [-0.4, -0.2) is 66.4 Å². The van der Waals surface area contributed by atoms with E-state index in [0.29, 0.717) is 52.1 Å². The van der Waals surface area contributed by atoms with Gasteiger partial charge in [0.15, 0.2) is 0 Å². The number of piperazine rings is 1. The number of phenolic OH excluding ortho intramolecular Hbond substituents is 1. The highest BCUT2D eigenvalue weighted by Crippen LogP contribution is 2.41. The highest BCUT2D eigenvalue weighted by Gasteiger charge is 2.37. The van der Waals surface area contributed by atoms with Crippen LogP contribution in [0.2, 0.25) is 0 Å². The van der Waals surface area contributed by atoms with E-state index in [2.05, 4.69) is 15.5 Å². The molecule has 206 valence electrons. The number of halogens is 1. The molecule has 3 aliphatic rings. The predicted octanol–water partition coefficient (Wildman–Crippen LogP) is 3.52. The first-order chi connectivity index (χ1) is 19.0. The first-order valence-corrected chi connectivity index (χ1v) is 14.0. The minimum absolute atomic E-state index is 0.0198. The van der Waals surface area contributed by atoms with E-state index in [9.17, 15) is 14.3 Å². The fourth-order valence-electron chi connectivity index (χ4n) is 5.97. The highest BCUT2D eigenvalue weighted by atomic mass is 19.1. The number of phenols is 1. The van der Waals surface area contributed by atoms with Crippen molar-refractivity contribution in [1.29, 1.82) is 0 Å². The fraction of sp³-hybridized carbons (Fsp3) is 0.483. The summed E-state index contributed by atoms with van der Waals surface area (Å²) in [6, 6.07) is 6.61. The number of anilines is 2. The van der Waals surface area contributed by atoms with Gasteiger partial charge in [0.2, 0.25) is 0 Å². The molecule has 3 aromatic rings. The number of carbonyl (C=O) groups is 1. The van der Waals surface area contributed by atoms with Crippen LogP contribution in [0.25, 0.3) is 10.8 Å². The number of aromatic nitrogens is 2. The van der Waals surface area contributed by atoms with Gasteiger partial charge in [0.25, 0.3) is 5.91 Å². The van der Waals surface area contributed by atoms with Crippen LogP contribution in [0.3, 0.4) is 0 Å². The Morgan fingerprint density at radius 2 is 1.95 bits per heavy atom. The fourth-order valence-corrected chi connectivity index (χ4v) is 5.97. The molecule has 0 unspecified atom stereocenters. The van der Waals surface area contributed by atoms with E-state index in [-0.39, 0.29) is 36.1 Å². The van der Waals surface area contributed by atoms with Crippen molar-refractivity contribution >= 4 is 28.2 Å². The molecular formula is C29H35FN6O3. The Balaban J connectivity index is 1.41. The zero-order valence-electron chi connectivity index (χ0n) is 22.3. The minimum Gasteiger partial charge on any atom is -0.508 e. The number of hydrogen-bond acceptors (Lipinski definition) is 8. The first-order valence-electron chi connectivity index (χ1n) is 14.0. The van der Waals surface area contributed by atoms with Crippen molar-refractivity contribution in [1.82, 2.24) is 20.6 Å². The van der Waals surface area contributed by atoms with Crippen molar-refractivity contribution < 1.29 is 19.0 Å². The molecule has 0 radical (unpaired) electrons. The number of hydrogen-bond donors (Lipinski definition) is 3. The van der Waals surface area contributed by atoms with E-state index in [0.717, 1.165) is 58.4 Å². The molecule has 0 aliphatic carbocycles. The Bertz CT molecular complexity index is 1390. The Morgan fingerprint density at radius 1 is 1.13 bits per heavy atom. The van der Waals surface area contributed by atoms with Gasteiger partial charge in [-0.1, -0.05) is 25.8 Å². The maximum absolute atomic E-state index is 14.9. The largest absolute Gasteiger partial charge is 0.508 e. The van der Waals surface area contributed by atoms with E-state index in [1.54, 1.807) is 23.1 Å². The van der Waals surface area contributed by atoms with E-state index in [1.165, 1.54) is 6.07 Å². The average molecular weight is 535 g/mol. The lowest BCUT2D eigenvalue weighted by Gasteiger charge is -2.25. The third-order valence-corrected chi connectivity index (χ3v) is 7.93. The molecule has 3 N–H and O–H groups in total. The third kappa shape index (κ3) is 4.98. The van der Waals surface area contributed by atoms with Gasteiger partial charge in [0.1, 0.15) is 29.6 Å². The van der Waals surface area contributed by atoms with Crippen LogP contribution in [0.5, 0.6) is 11.8 Å². The maximum atomic E-state index is 14.9. The quantitative estimate of drug-likeness (QED) is 0.442. The average Bonchev–Trinajstić information content (AvgIpc) is 3.10. The Hall–Kier alpha value is -3.50. The summed E-state index contributed by atoms with van der Waals surface area (Å²) in [5, 5.41) is 18.6. The van der Waals surface area contributed by atoms with Crippen molar-refractivity contribution in [2.24, 2.45) is 0 Å². The van der Waals surface area contributed by atoms with Crippen molar-refractivity contribution in [3.8, 4) is 11.8 Å². The number of carbonyl (C=O) groups excluding carboxylic acids is 1. The van der Waals surface area contributed by atoms with E-state index in [4.69, 9.17) is 14.7 Å². The number of fused-ring (bicyclic) bond motifs is 2. The zero-order chi connectivity index (χ0) is 26.9. The molecule has 2 saturated heterocycles. The van der Waals surface area contributed by atoms with Crippen LogP contribution in [-0.2, 0) is 13.0 Å². The van der Waals surface area contributed by atoms with Crippen LogP contribution in [0.15, 0.2) is 24.3 Å². The van der Waals surface area contributed by atoms with Gasteiger partial charge >= 0.3 is 6.01 Å². The summed E-state index contributed by atoms with van der Waals surface area (Å²) < 4.78 is 20.9. The van der Waals surface area contributed by atoms with Crippen molar-refractivity contribution in [2.45, 2.75) is 51.6 Å². The van der Waals surface area contributed by atoms with Gasteiger partial charge in [-0.3, -0.25) is 4.79 Å². The smallest absolute Gasteiger partial charge is 0.318 e. The van der Waals surface area contributed by atoms with E-state index < -0.39 is 0 Å². The normalized spacial score (nSPS) is 19.8. The number of ether oxygens (including phenoxy) is 1. The molecule has 2 fully saturated rings. The minimum atomic E-state index is -0.326. The lowest BCUT2D eigenvalue weighted by atomic mass is 9.99. The van der Waals surface area contributed by atoms with Crippen LogP contribution in [0.4, 0.5) is 15.9 Å². The second kappa shape index (κ2) is 10.9. The molecule has 6 rings (SSSR count). The number of amides is 1. The number of aromatic hydroxyl groups is 1. The van der Waals surface area contributed by atoms with Crippen molar-refractivity contribution in [3.63, 3.8) is 0 Å². The Labute approximate surface area is 227 Å². The van der Waals surface area contributed by atoms with Gasteiger partial charge < -0.3 is 30.3 Å². The van der Waals surface area contributed by atoms with Gasteiger partial charge in [0, 0.05) is 44.2 Å². The summed E-state index contributed by atoms with van der Waals surface area (Å²) >= 11 is 0. The first kappa shape index (κ1) is 25.8. The summed E-state index contributed by atoms with van der Waals surface area (Å²) in [6.45, 7) is 6.72. The number of rotatable bonds is 6. The van der Waals surface area contributed by atoms with Gasteiger partial charge in [-0.15, -0.1) is 0 Å². The Kier molecular flexibility index (Phi) is 7.22. The highest BCUT2D eigenvalue weighted by molar-refractivity contribution is 6.16. The molecular weight excluding hydrogens is 499 g/mol. The van der Waals surface area contributed by atoms with E-state index in [1.807, 2.05) is 6.92 Å². The molecule has 9 nitrogen and oxygen atoms in total. The lowest BCUT2D eigenvalue weighted by molar-refractivity contribution is 0.0997. The predicted molar refractivity (Wildman–Crippen MR) is 148 cm³/mol. The molecule has 0 bridgehead atoms. The molecule has 1 atom stereocenters. The molecule has 1 aromatic heterocycles. The van der Waals surface area contributed by atoms with Crippen molar-refractivity contribution in [2.75, 3.05) is 49.1 Å². The van der Waals surface area contributed by atoms with Crippen LogP contribution in [0, 0.1) is 5.82 Å². The summed E-state index contributed by atoms with van der Waals surface area (Å²) in [4.78, 5) is 27.3. The standard InChI is InChI=1S/C29H35FN6O3/c1-2-21-22(30)8-7-18-13-20(37)14-24(25(18)21)36-16-23-26(28(36)38)27(35-11-5-3-4-6-12-35)34-29(33-23)39-17-19-15-31-9-10-32-19/h7-8,13-14,19,31-32,37H,2-6,9-12,15-17H2,1H3/t19-/m1/s1.